The lowest BCUT2D eigenvalue weighted by molar-refractivity contribution is 0.318. The fourth-order valence-electron chi connectivity index (χ4n) is 1.91. The number of rotatable bonds is 4. The maximum atomic E-state index is 13.7. The maximum Gasteiger partial charge on any atom is 0.173 e. The van der Waals surface area contributed by atoms with Crippen LogP contribution in [-0.2, 0) is 6.54 Å². The zero-order valence-corrected chi connectivity index (χ0v) is 11.0. The van der Waals surface area contributed by atoms with E-state index in [2.05, 4.69) is 10.1 Å². The SMILES string of the molecule is CN(Cc1ccccc1F)c1ncccc1C(N)=NO. The number of aromatic nitrogens is 1. The Kier molecular flexibility index (Phi) is 4.14. The van der Waals surface area contributed by atoms with E-state index in [0.717, 1.165) is 0 Å². The van der Waals surface area contributed by atoms with Gasteiger partial charge in [-0.2, -0.15) is 0 Å². The maximum absolute atomic E-state index is 13.7. The Morgan fingerprint density at radius 2 is 2.10 bits per heavy atom. The van der Waals surface area contributed by atoms with Crippen molar-refractivity contribution in [2.24, 2.45) is 10.9 Å². The van der Waals surface area contributed by atoms with Crippen molar-refractivity contribution >= 4 is 11.7 Å². The van der Waals surface area contributed by atoms with E-state index in [0.29, 0.717) is 23.5 Å². The Balaban J connectivity index is 2.30. The molecule has 3 N–H and O–H groups in total. The van der Waals surface area contributed by atoms with Crippen molar-refractivity contribution in [3.63, 3.8) is 0 Å². The third-order valence-corrected chi connectivity index (χ3v) is 2.90. The van der Waals surface area contributed by atoms with Crippen molar-refractivity contribution in [1.82, 2.24) is 4.98 Å². The molecule has 6 heteroatoms. The van der Waals surface area contributed by atoms with Gasteiger partial charge >= 0.3 is 0 Å². The molecule has 0 bridgehead atoms. The van der Waals surface area contributed by atoms with E-state index in [1.54, 1.807) is 48.5 Å². The van der Waals surface area contributed by atoms with Gasteiger partial charge < -0.3 is 15.8 Å². The topological polar surface area (TPSA) is 74.7 Å². The Labute approximate surface area is 116 Å². The molecule has 0 fully saturated rings. The summed E-state index contributed by atoms with van der Waals surface area (Å²) in [6.07, 6.45) is 1.60. The van der Waals surface area contributed by atoms with E-state index in [4.69, 9.17) is 10.9 Å². The van der Waals surface area contributed by atoms with Crippen LogP contribution in [0.5, 0.6) is 0 Å². The highest BCUT2D eigenvalue weighted by Gasteiger charge is 2.13. The fraction of sp³-hybridized carbons (Fsp3) is 0.143. The zero-order chi connectivity index (χ0) is 14.5. The second-order valence-corrected chi connectivity index (χ2v) is 4.31. The predicted octanol–water partition coefficient (Wildman–Crippen LogP) is 1.95. The number of anilines is 1. The fourth-order valence-corrected chi connectivity index (χ4v) is 1.91. The van der Waals surface area contributed by atoms with Crippen LogP contribution in [-0.4, -0.2) is 23.1 Å². The van der Waals surface area contributed by atoms with Gasteiger partial charge in [0.2, 0.25) is 0 Å². The number of pyridine rings is 1. The van der Waals surface area contributed by atoms with Crippen LogP contribution in [0.15, 0.2) is 47.8 Å². The molecule has 0 unspecified atom stereocenters. The Morgan fingerprint density at radius 1 is 1.35 bits per heavy atom. The molecule has 0 saturated carbocycles. The van der Waals surface area contributed by atoms with Crippen molar-refractivity contribution in [1.29, 1.82) is 0 Å². The molecule has 0 aliphatic rings. The van der Waals surface area contributed by atoms with Crippen molar-refractivity contribution in [3.05, 3.63) is 59.5 Å². The van der Waals surface area contributed by atoms with Gasteiger partial charge in [-0.3, -0.25) is 0 Å². The molecule has 0 radical (unpaired) electrons. The summed E-state index contributed by atoms with van der Waals surface area (Å²) in [6, 6.07) is 9.91. The minimum Gasteiger partial charge on any atom is -0.409 e. The summed E-state index contributed by atoms with van der Waals surface area (Å²) in [4.78, 5) is 5.95. The van der Waals surface area contributed by atoms with Crippen LogP contribution in [0.3, 0.4) is 0 Å². The smallest absolute Gasteiger partial charge is 0.173 e. The first-order valence-corrected chi connectivity index (χ1v) is 6.01. The highest BCUT2D eigenvalue weighted by molar-refractivity contribution is 6.01. The van der Waals surface area contributed by atoms with Gasteiger partial charge in [-0.05, 0) is 18.2 Å². The normalized spacial score (nSPS) is 11.4. The minimum atomic E-state index is -0.277. The number of hydrogen-bond acceptors (Lipinski definition) is 4. The van der Waals surface area contributed by atoms with Gasteiger partial charge in [-0.15, -0.1) is 0 Å². The van der Waals surface area contributed by atoms with E-state index in [1.807, 2.05) is 0 Å². The number of oxime groups is 1. The Morgan fingerprint density at radius 3 is 2.80 bits per heavy atom. The van der Waals surface area contributed by atoms with E-state index in [-0.39, 0.29) is 11.7 Å². The van der Waals surface area contributed by atoms with Crippen LogP contribution in [0.2, 0.25) is 0 Å². The van der Waals surface area contributed by atoms with Crippen LogP contribution < -0.4 is 10.6 Å². The summed E-state index contributed by atoms with van der Waals surface area (Å²) in [5.74, 6) is 0.208. The zero-order valence-electron chi connectivity index (χ0n) is 11.0. The van der Waals surface area contributed by atoms with E-state index in [9.17, 15) is 4.39 Å². The van der Waals surface area contributed by atoms with Gasteiger partial charge in [0.05, 0.1) is 5.56 Å². The Hall–Kier alpha value is -2.63. The molecule has 1 aromatic carbocycles. The molecule has 1 aromatic heterocycles. The van der Waals surface area contributed by atoms with E-state index >= 15 is 0 Å². The van der Waals surface area contributed by atoms with Gasteiger partial charge in [0.1, 0.15) is 11.6 Å². The monoisotopic (exact) mass is 274 g/mol. The first kappa shape index (κ1) is 13.8. The van der Waals surface area contributed by atoms with Crippen molar-refractivity contribution in [2.45, 2.75) is 6.54 Å². The highest BCUT2D eigenvalue weighted by atomic mass is 19.1. The molecule has 2 aromatic rings. The summed E-state index contributed by atoms with van der Waals surface area (Å²) in [7, 11) is 1.77. The molecule has 1 heterocycles. The number of halogens is 1. The van der Waals surface area contributed by atoms with Crippen LogP contribution in [0.4, 0.5) is 10.2 Å². The molecule has 20 heavy (non-hydrogen) atoms. The summed E-state index contributed by atoms with van der Waals surface area (Å²) in [5, 5.41) is 11.8. The first-order chi connectivity index (χ1) is 9.63. The number of nitrogens with zero attached hydrogens (tertiary/aromatic N) is 3. The minimum absolute atomic E-state index is 0.0338. The molecular weight excluding hydrogens is 259 g/mol. The molecule has 104 valence electrons. The number of nitrogens with two attached hydrogens (primary N) is 1. The van der Waals surface area contributed by atoms with Crippen LogP contribution in [0.1, 0.15) is 11.1 Å². The predicted molar refractivity (Wildman–Crippen MR) is 75.3 cm³/mol. The van der Waals surface area contributed by atoms with Gasteiger partial charge in [0.25, 0.3) is 0 Å². The molecule has 0 atom stereocenters. The molecule has 0 spiro atoms. The second-order valence-electron chi connectivity index (χ2n) is 4.31. The van der Waals surface area contributed by atoms with Gasteiger partial charge in [-0.1, -0.05) is 23.4 Å². The number of benzene rings is 1. The lowest BCUT2D eigenvalue weighted by Crippen LogP contribution is -2.24. The largest absolute Gasteiger partial charge is 0.409 e. The molecule has 0 aliphatic carbocycles. The summed E-state index contributed by atoms with van der Waals surface area (Å²) < 4.78 is 13.7. The van der Waals surface area contributed by atoms with Gasteiger partial charge in [-0.25, -0.2) is 9.37 Å². The first-order valence-electron chi connectivity index (χ1n) is 6.01. The molecule has 0 amide bonds. The standard InChI is InChI=1S/C14H15FN4O/c1-19(9-10-5-2-3-7-12(10)15)14-11(13(16)18-20)6-4-8-17-14/h2-8,20H,9H2,1H3,(H2,16,18). The van der Waals surface area contributed by atoms with E-state index in [1.165, 1.54) is 6.07 Å². The summed E-state index contributed by atoms with van der Waals surface area (Å²) in [6.45, 7) is 0.329. The van der Waals surface area contributed by atoms with Crippen molar-refractivity contribution in [2.75, 3.05) is 11.9 Å². The molecule has 2 rings (SSSR count). The molecule has 5 nitrogen and oxygen atoms in total. The van der Waals surface area contributed by atoms with E-state index < -0.39 is 0 Å². The molecular formula is C14H15FN4O. The quantitative estimate of drug-likeness (QED) is 0.387. The summed E-state index contributed by atoms with van der Waals surface area (Å²) in [5.41, 5.74) is 6.66. The van der Waals surface area contributed by atoms with Gasteiger partial charge in [0, 0.05) is 25.4 Å². The van der Waals surface area contributed by atoms with Crippen LogP contribution in [0.25, 0.3) is 0 Å². The third kappa shape index (κ3) is 2.85. The number of amidine groups is 1. The number of hydrogen-bond donors (Lipinski definition) is 2. The Bertz CT molecular complexity index is 630. The average Bonchev–Trinajstić information content (AvgIpc) is 2.48. The average molecular weight is 274 g/mol. The lowest BCUT2D eigenvalue weighted by Gasteiger charge is -2.21. The molecule has 0 saturated heterocycles. The lowest BCUT2D eigenvalue weighted by atomic mass is 10.2. The van der Waals surface area contributed by atoms with Crippen LogP contribution >= 0.6 is 0 Å². The molecule has 0 aliphatic heterocycles. The van der Waals surface area contributed by atoms with Crippen molar-refractivity contribution in [3.8, 4) is 0 Å². The third-order valence-electron chi connectivity index (χ3n) is 2.90. The van der Waals surface area contributed by atoms with Crippen molar-refractivity contribution < 1.29 is 9.60 Å². The second kappa shape index (κ2) is 6.01. The highest BCUT2D eigenvalue weighted by Crippen LogP contribution is 2.19. The van der Waals surface area contributed by atoms with Gasteiger partial charge in [0.15, 0.2) is 5.84 Å². The van der Waals surface area contributed by atoms with Crippen LogP contribution in [0, 0.1) is 5.82 Å². The summed E-state index contributed by atoms with van der Waals surface area (Å²) >= 11 is 0.